The normalized spacial score (nSPS) is 13.5. The maximum atomic E-state index is 12.7. The van der Waals surface area contributed by atoms with Gasteiger partial charge in [0.25, 0.3) is 11.8 Å². The number of carbonyl (C=O) groups is 5. The highest BCUT2D eigenvalue weighted by molar-refractivity contribution is 6.39. The molecular formula is C41H60F3N7O7. The molecule has 58 heavy (non-hydrogen) atoms. The topological polar surface area (TPSA) is 215 Å². The molecule has 3 rings (SSSR count). The number of rotatable bonds is 15. The van der Waals surface area contributed by atoms with Crippen LogP contribution in [0.4, 0.5) is 13.2 Å². The summed E-state index contributed by atoms with van der Waals surface area (Å²) in [4.78, 5) is 66.5. The van der Waals surface area contributed by atoms with E-state index in [1.807, 2.05) is 46.4 Å². The van der Waals surface area contributed by atoms with Crippen molar-refractivity contribution in [3.63, 3.8) is 0 Å². The van der Waals surface area contributed by atoms with Gasteiger partial charge in [-0.05, 0) is 87.8 Å². The van der Waals surface area contributed by atoms with Crippen LogP contribution in [0.3, 0.4) is 0 Å². The van der Waals surface area contributed by atoms with Gasteiger partial charge in [0.1, 0.15) is 17.5 Å². The summed E-state index contributed by atoms with van der Waals surface area (Å²) in [6.45, 7) is 17.8. The minimum atomic E-state index is -4.51. The van der Waals surface area contributed by atoms with Crippen LogP contribution in [-0.2, 0) is 30.1 Å². The summed E-state index contributed by atoms with van der Waals surface area (Å²) in [7, 11) is 0. The number of carbonyl (C=O) groups excluding carboxylic acids is 5. The molecule has 0 spiro atoms. The number of pyridine rings is 1. The summed E-state index contributed by atoms with van der Waals surface area (Å²) in [6.07, 6.45) is 1.26. The highest BCUT2D eigenvalue weighted by Gasteiger charge is 2.32. The molecule has 0 radical (unpaired) electrons. The van der Waals surface area contributed by atoms with Crippen molar-refractivity contribution in [2.75, 3.05) is 13.1 Å². The van der Waals surface area contributed by atoms with Crippen LogP contribution in [0, 0.1) is 22.7 Å². The van der Waals surface area contributed by atoms with Crippen molar-refractivity contribution in [2.24, 2.45) is 11.8 Å². The predicted octanol–water partition coefficient (Wildman–Crippen LogP) is 6.40. The number of alkyl halides is 3. The van der Waals surface area contributed by atoms with Gasteiger partial charge in [-0.2, -0.15) is 13.2 Å². The van der Waals surface area contributed by atoms with Crippen LogP contribution in [0.5, 0.6) is 5.75 Å². The van der Waals surface area contributed by atoms with E-state index in [9.17, 15) is 42.3 Å². The van der Waals surface area contributed by atoms with Crippen molar-refractivity contribution in [1.29, 1.82) is 10.8 Å². The van der Waals surface area contributed by atoms with Gasteiger partial charge in [0.05, 0.1) is 17.8 Å². The van der Waals surface area contributed by atoms with Gasteiger partial charge in [-0.25, -0.2) is 4.98 Å². The van der Waals surface area contributed by atoms with E-state index in [1.54, 1.807) is 13.8 Å². The lowest BCUT2D eigenvalue weighted by atomic mass is 9.96. The third-order valence-corrected chi connectivity index (χ3v) is 8.77. The Morgan fingerprint density at radius 2 is 1.45 bits per heavy atom. The number of ether oxygens (including phenoxy) is 1. The van der Waals surface area contributed by atoms with E-state index < -0.39 is 52.8 Å². The minimum absolute atomic E-state index is 0.0101. The quantitative estimate of drug-likeness (QED) is 0.0670. The van der Waals surface area contributed by atoms with Crippen molar-refractivity contribution >= 4 is 41.2 Å². The van der Waals surface area contributed by atoms with Crippen LogP contribution >= 0.6 is 0 Å². The maximum Gasteiger partial charge on any atom is 0.416 e. The van der Waals surface area contributed by atoms with E-state index in [1.165, 1.54) is 25.3 Å². The van der Waals surface area contributed by atoms with E-state index in [0.29, 0.717) is 19.3 Å². The number of hydrogen-bond acceptors (Lipinski definition) is 10. The molecule has 1 aromatic heterocycles. The molecule has 1 aliphatic heterocycles. The van der Waals surface area contributed by atoms with Crippen molar-refractivity contribution in [3.8, 4) is 5.75 Å². The molecule has 322 valence electrons. The number of aromatic hydroxyl groups is 1. The number of Topliss-reactive ketones (excluding diaryl/α,β-unsaturated/α-hetero) is 1. The molecule has 1 aliphatic rings. The van der Waals surface area contributed by atoms with E-state index in [-0.39, 0.29) is 46.6 Å². The zero-order valence-corrected chi connectivity index (χ0v) is 34.9. The molecule has 2 heterocycles. The summed E-state index contributed by atoms with van der Waals surface area (Å²) >= 11 is 0. The minimum Gasteiger partial charge on any atom is -0.506 e. The number of hydrogen-bond donors (Lipinski definition) is 6. The Balaban J connectivity index is 0.000000569. The number of benzene rings is 1. The average molecular weight is 820 g/mol. The first-order valence-electron chi connectivity index (χ1n) is 19.4. The van der Waals surface area contributed by atoms with Gasteiger partial charge in [-0.15, -0.1) is 0 Å². The first-order chi connectivity index (χ1) is 27.0. The van der Waals surface area contributed by atoms with E-state index >= 15 is 0 Å². The molecule has 0 bridgehead atoms. The van der Waals surface area contributed by atoms with Crippen molar-refractivity contribution < 1.29 is 47.0 Å². The molecule has 2 atom stereocenters. The number of aromatic nitrogens is 1. The van der Waals surface area contributed by atoms with Crippen LogP contribution in [-0.4, -0.2) is 86.9 Å². The second-order valence-electron chi connectivity index (χ2n) is 14.9. The lowest BCUT2D eigenvalue weighted by molar-refractivity contribution is -0.137. The lowest BCUT2D eigenvalue weighted by Gasteiger charge is -2.27. The molecule has 6 N–H and O–H groups in total. The Kier molecular flexibility index (Phi) is 20.8. The first kappa shape index (κ1) is 50.7. The zero-order chi connectivity index (χ0) is 44.4. The first-order valence-corrected chi connectivity index (χ1v) is 19.4. The number of likely N-dealkylation sites (tertiary alicyclic amines) is 1. The number of amides is 4. The van der Waals surface area contributed by atoms with Crippen LogP contribution in [0.1, 0.15) is 122 Å². The molecule has 17 heteroatoms. The summed E-state index contributed by atoms with van der Waals surface area (Å²) in [6, 6.07) is 4.99. The van der Waals surface area contributed by atoms with Gasteiger partial charge >= 0.3 is 6.18 Å². The third-order valence-electron chi connectivity index (χ3n) is 8.77. The van der Waals surface area contributed by atoms with E-state index in [4.69, 9.17) is 15.6 Å². The number of nitrogens with one attached hydrogen (secondary N) is 5. The van der Waals surface area contributed by atoms with Crippen molar-refractivity contribution in [2.45, 2.75) is 125 Å². The summed E-state index contributed by atoms with van der Waals surface area (Å²) < 4.78 is 42.3. The molecule has 1 aromatic carbocycles. The highest BCUT2D eigenvalue weighted by atomic mass is 19.4. The van der Waals surface area contributed by atoms with Crippen LogP contribution < -0.4 is 16.0 Å². The fourth-order valence-electron chi connectivity index (χ4n) is 5.62. The third kappa shape index (κ3) is 17.4. The lowest BCUT2D eigenvalue weighted by Crippen LogP contribution is -2.50. The predicted molar refractivity (Wildman–Crippen MR) is 214 cm³/mol. The van der Waals surface area contributed by atoms with Crippen molar-refractivity contribution in [1.82, 2.24) is 25.8 Å². The smallest absolute Gasteiger partial charge is 0.416 e. The molecule has 2 unspecified atom stereocenters. The van der Waals surface area contributed by atoms with Gasteiger partial charge in [-0.3, -0.25) is 34.8 Å². The van der Waals surface area contributed by atoms with Crippen molar-refractivity contribution in [3.05, 3.63) is 59.4 Å². The fourth-order valence-corrected chi connectivity index (χ4v) is 5.62. The number of nitrogens with zero attached hydrogens (tertiary/aromatic N) is 2. The van der Waals surface area contributed by atoms with Gasteiger partial charge in [0, 0.05) is 37.5 Å². The van der Waals surface area contributed by atoms with Crippen LogP contribution in [0.2, 0.25) is 0 Å². The van der Waals surface area contributed by atoms with Gasteiger partial charge in [0.2, 0.25) is 29.4 Å². The Hall–Kier alpha value is -5.35. The summed E-state index contributed by atoms with van der Waals surface area (Å²) in [5, 5.41) is 32.9. The average Bonchev–Trinajstić information content (AvgIpc) is 3.70. The van der Waals surface area contributed by atoms with Gasteiger partial charge in [0.15, 0.2) is 0 Å². The second-order valence-corrected chi connectivity index (χ2v) is 14.9. The Morgan fingerprint density at radius 1 is 0.879 bits per heavy atom. The SMILES string of the molecule is CC.CC(=O)NC(C(=O)C(=N)OC(=N)c1ccc(C(F)(F)F)cc1)C(C)C.CC(C)C(NC(=O)CCCCC(C)(C)NC(=O)c1ccc(O)cn1)C(=O)N1CCCC1. The van der Waals surface area contributed by atoms with Crippen LogP contribution in [0.25, 0.3) is 0 Å². The second kappa shape index (κ2) is 23.8. The highest BCUT2D eigenvalue weighted by Crippen LogP contribution is 2.29. The standard InChI is InChI=1S/C23H36N4O4.C16H18F3N3O3.C2H6/c1-16(2)20(22(31)27-13-7-8-14-27)25-19(29)9-5-6-12-23(3,4)26-21(30)18-11-10-17(28)15-24-18;1-8(2)12(22-9(3)23)13(24)15(21)25-14(20)10-4-6-11(7-5-10)16(17,18)19;1-2/h10-11,15-16,20,28H,5-9,12-14H2,1-4H3,(H,25,29)(H,26,30);4-8,12,20-21H,1-3H3,(H,22,23);1-2H3. The Morgan fingerprint density at radius 3 is 1.93 bits per heavy atom. The Bertz CT molecular complexity index is 1690. The number of ketones is 1. The zero-order valence-electron chi connectivity index (χ0n) is 34.9. The maximum absolute atomic E-state index is 12.7. The fraction of sp³-hybridized carbons (Fsp3) is 0.561. The molecule has 1 saturated heterocycles. The molecule has 14 nitrogen and oxygen atoms in total. The van der Waals surface area contributed by atoms with E-state index in [2.05, 4.69) is 20.9 Å². The molecular weight excluding hydrogens is 759 g/mol. The molecule has 0 aliphatic carbocycles. The Labute approximate surface area is 339 Å². The number of halogens is 3. The molecule has 4 amide bonds. The molecule has 1 fully saturated rings. The largest absolute Gasteiger partial charge is 0.506 e. The molecule has 2 aromatic rings. The van der Waals surface area contributed by atoms with E-state index in [0.717, 1.165) is 56.6 Å². The molecule has 0 saturated carbocycles. The van der Waals surface area contributed by atoms with Gasteiger partial charge < -0.3 is 30.7 Å². The van der Waals surface area contributed by atoms with Gasteiger partial charge in [-0.1, -0.05) is 48.0 Å². The van der Waals surface area contributed by atoms with Crippen LogP contribution in [0.15, 0.2) is 42.6 Å². The summed E-state index contributed by atoms with van der Waals surface area (Å²) in [5.74, 6) is -3.47. The monoisotopic (exact) mass is 819 g/mol. The number of unbranched alkanes of at least 4 members (excludes halogenated alkanes) is 1. The summed E-state index contributed by atoms with van der Waals surface area (Å²) in [5.41, 5.74) is -1.13.